The van der Waals surface area contributed by atoms with E-state index in [-0.39, 0.29) is 23.6 Å². The van der Waals surface area contributed by atoms with E-state index >= 15 is 0 Å². The SMILES string of the molecule is CC[C@H](NC(=O)/C(=C/c1cccs1)NC(=O)c1ccccc1C)c1ccc(OC)cc1. The minimum Gasteiger partial charge on any atom is -0.497 e. The molecule has 0 radical (unpaired) electrons. The highest BCUT2D eigenvalue weighted by Crippen LogP contribution is 2.21. The zero-order valence-electron chi connectivity index (χ0n) is 17.8. The van der Waals surface area contributed by atoms with Crippen molar-refractivity contribution in [2.75, 3.05) is 7.11 Å². The first-order valence-corrected chi connectivity index (χ1v) is 11.0. The number of rotatable bonds is 8. The summed E-state index contributed by atoms with van der Waals surface area (Å²) < 4.78 is 5.21. The average molecular weight is 435 g/mol. The summed E-state index contributed by atoms with van der Waals surface area (Å²) in [6.45, 7) is 3.87. The van der Waals surface area contributed by atoms with Crippen LogP contribution in [-0.2, 0) is 4.79 Å². The van der Waals surface area contributed by atoms with Crippen molar-refractivity contribution in [3.8, 4) is 5.75 Å². The second-order valence-electron chi connectivity index (χ2n) is 7.05. The van der Waals surface area contributed by atoms with Crippen LogP contribution < -0.4 is 15.4 Å². The first-order chi connectivity index (χ1) is 15.0. The maximum atomic E-state index is 13.2. The Morgan fingerprint density at radius 3 is 2.42 bits per heavy atom. The lowest BCUT2D eigenvalue weighted by Crippen LogP contribution is -2.36. The molecular formula is C25H26N2O3S. The van der Waals surface area contributed by atoms with Crippen molar-refractivity contribution in [1.29, 1.82) is 0 Å². The van der Waals surface area contributed by atoms with Gasteiger partial charge in [-0.2, -0.15) is 0 Å². The molecule has 1 aromatic heterocycles. The molecule has 2 aromatic carbocycles. The maximum absolute atomic E-state index is 13.2. The molecule has 0 aliphatic rings. The molecule has 2 N–H and O–H groups in total. The van der Waals surface area contributed by atoms with Crippen molar-refractivity contribution in [3.05, 3.63) is 93.3 Å². The monoisotopic (exact) mass is 434 g/mol. The number of hydrogen-bond acceptors (Lipinski definition) is 4. The van der Waals surface area contributed by atoms with E-state index in [1.54, 1.807) is 25.3 Å². The van der Waals surface area contributed by atoms with Gasteiger partial charge in [0.25, 0.3) is 11.8 Å². The molecule has 3 aromatic rings. The molecule has 0 unspecified atom stereocenters. The fourth-order valence-electron chi connectivity index (χ4n) is 3.18. The Labute approximate surface area is 186 Å². The molecule has 0 aliphatic carbocycles. The van der Waals surface area contributed by atoms with E-state index in [0.29, 0.717) is 12.0 Å². The normalized spacial score (nSPS) is 12.2. The van der Waals surface area contributed by atoms with E-state index in [0.717, 1.165) is 21.8 Å². The lowest BCUT2D eigenvalue weighted by Gasteiger charge is -2.19. The molecule has 0 bridgehead atoms. The highest BCUT2D eigenvalue weighted by atomic mass is 32.1. The molecule has 0 saturated heterocycles. The Balaban J connectivity index is 1.83. The van der Waals surface area contributed by atoms with Crippen LogP contribution in [0.25, 0.3) is 6.08 Å². The number of amides is 2. The molecule has 2 amide bonds. The van der Waals surface area contributed by atoms with Gasteiger partial charge in [0.05, 0.1) is 13.2 Å². The fraction of sp³-hybridized carbons (Fsp3) is 0.200. The minimum atomic E-state index is -0.335. The van der Waals surface area contributed by atoms with Gasteiger partial charge in [-0.1, -0.05) is 43.3 Å². The van der Waals surface area contributed by atoms with Crippen molar-refractivity contribution in [2.45, 2.75) is 26.3 Å². The Morgan fingerprint density at radius 2 is 1.81 bits per heavy atom. The standard InChI is InChI=1S/C25H26N2O3S/c1-4-22(18-11-13-19(30-3)14-12-18)26-25(29)23(16-20-9-7-15-31-20)27-24(28)21-10-6-5-8-17(21)2/h5-16,22H,4H2,1-3H3,(H,26,29)(H,27,28)/b23-16-/t22-/m0/s1. The van der Waals surface area contributed by atoms with Crippen LogP contribution in [0.3, 0.4) is 0 Å². The van der Waals surface area contributed by atoms with Crippen molar-refractivity contribution >= 4 is 29.2 Å². The first-order valence-electron chi connectivity index (χ1n) is 10.1. The van der Waals surface area contributed by atoms with Gasteiger partial charge < -0.3 is 15.4 Å². The molecule has 0 aliphatic heterocycles. The summed E-state index contributed by atoms with van der Waals surface area (Å²) in [7, 11) is 1.62. The molecule has 0 fully saturated rings. The lowest BCUT2D eigenvalue weighted by atomic mass is 10.0. The quantitative estimate of drug-likeness (QED) is 0.485. The summed E-state index contributed by atoms with van der Waals surface area (Å²) in [6.07, 6.45) is 2.41. The number of carbonyl (C=O) groups excluding carboxylic acids is 2. The number of methoxy groups -OCH3 is 1. The van der Waals surface area contributed by atoms with Crippen LogP contribution in [0.2, 0.25) is 0 Å². The predicted octanol–water partition coefficient (Wildman–Crippen LogP) is 5.10. The zero-order chi connectivity index (χ0) is 22.2. The predicted molar refractivity (Wildman–Crippen MR) is 125 cm³/mol. The summed E-state index contributed by atoms with van der Waals surface area (Å²) in [5.74, 6) is 0.111. The van der Waals surface area contributed by atoms with Gasteiger partial charge in [-0.25, -0.2) is 0 Å². The summed E-state index contributed by atoms with van der Waals surface area (Å²) >= 11 is 1.50. The topological polar surface area (TPSA) is 67.4 Å². The highest BCUT2D eigenvalue weighted by Gasteiger charge is 2.19. The second kappa shape index (κ2) is 10.6. The second-order valence-corrected chi connectivity index (χ2v) is 8.03. The van der Waals surface area contributed by atoms with Gasteiger partial charge in [-0.05, 0) is 60.2 Å². The van der Waals surface area contributed by atoms with Gasteiger partial charge in [0.2, 0.25) is 0 Å². The number of hydrogen-bond donors (Lipinski definition) is 2. The van der Waals surface area contributed by atoms with Crippen LogP contribution in [0.4, 0.5) is 0 Å². The van der Waals surface area contributed by atoms with E-state index in [4.69, 9.17) is 4.74 Å². The van der Waals surface area contributed by atoms with E-state index in [1.807, 2.05) is 67.8 Å². The van der Waals surface area contributed by atoms with Gasteiger partial charge in [-0.15, -0.1) is 11.3 Å². The third-order valence-electron chi connectivity index (χ3n) is 4.94. The third kappa shape index (κ3) is 5.83. The summed E-state index contributed by atoms with van der Waals surface area (Å²) in [5, 5.41) is 7.78. The number of nitrogens with one attached hydrogen (secondary N) is 2. The Morgan fingerprint density at radius 1 is 1.06 bits per heavy atom. The van der Waals surface area contributed by atoms with E-state index < -0.39 is 0 Å². The van der Waals surface area contributed by atoms with Crippen LogP contribution in [0.15, 0.2) is 71.7 Å². The number of thiophene rings is 1. The van der Waals surface area contributed by atoms with Crippen LogP contribution in [0.1, 0.15) is 45.7 Å². The van der Waals surface area contributed by atoms with E-state index in [2.05, 4.69) is 10.6 Å². The Hall–Kier alpha value is -3.38. The molecule has 3 rings (SSSR count). The van der Waals surface area contributed by atoms with Gasteiger partial charge in [0.1, 0.15) is 11.4 Å². The van der Waals surface area contributed by atoms with E-state index in [9.17, 15) is 9.59 Å². The van der Waals surface area contributed by atoms with E-state index in [1.165, 1.54) is 11.3 Å². The first kappa shape index (κ1) is 22.3. The molecule has 160 valence electrons. The van der Waals surface area contributed by atoms with Crippen LogP contribution in [-0.4, -0.2) is 18.9 Å². The van der Waals surface area contributed by atoms with Crippen LogP contribution in [0, 0.1) is 6.92 Å². The van der Waals surface area contributed by atoms with Gasteiger partial charge >= 0.3 is 0 Å². The van der Waals surface area contributed by atoms with Crippen molar-refractivity contribution < 1.29 is 14.3 Å². The maximum Gasteiger partial charge on any atom is 0.268 e. The summed E-state index contributed by atoms with van der Waals surface area (Å²) in [6, 6.07) is 18.5. The number of aryl methyl sites for hydroxylation is 1. The molecule has 31 heavy (non-hydrogen) atoms. The minimum absolute atomic E-state index is 0.194. The zero-order valence-corrected chi connectivity index (χ0v) is 18.7. The summed E-state index contributed by atoms with van der Waals surface area (Å²) in [4.78, 5) is 26.9. The highest BCUT2D eigenvalue weighted by molar-refractivity contribution is 7.10. The smallest absolute Gasteiger partial charge is 0.268 e. The molecule has 1 atom stereocenters. The molecule has 0 spiro atoms. The van der Waals surface area contributed by atoms with Gasteiger partial charge in [0.15, 0.2) is 0 Å². The van der Waals surface area contributed by atoms with Crippen LogP contribution in [0.5, 0.6) is 5.75 Å². The van der Waals surface area contributed by atoms with Crippen molar-refractivity contribution in [1.82, 2.24) is 10.6 Å². The van der Waals surface area contributed by atoms with Crippen LogP contribution >= 0.6 is 11.3 Å². The fourth-order valence-corrected chi connectivity index (χ4v) is 3.84. The average Bonchev–Trinajstić information content (AvgIpc) is 3.30. The largest absolute Gasteiger partial charge is 0.497 e. The number of ether oxygens (including phenoxy) is 1. The third-order valence-corrected chi connectivity index (χ3v) is 5.76. The number of carbonyl (C=O) groups is 2. The molecule has 5 nitrogen and oxygen atoms in total. The lowest BCUT2D eigenvalue weighted by molar-refractivity contribution is -0.118. The van der Waals surface area contributed by atoms with Gasteiger partial charge in [-0.3, -0.25) is 9.59 Å². The molecule has 0 saturated carbocycles. The molecular weight excluding hydrogens is 408 g/mol. The van der Waals surface area contributed by atoms with Gasteiger partial charge in [0, 0.05) is 10.4 Å². The Bertz CT molecular complexity index is 1060. The Kier molecular flexibility index (Phi) is 7.62. The van der Waals surface area contributed by atoms with Crippen molar-refractivity contribution in [3.63, 3.8) is 0 Å². The molecule has 1 heterocycles. The number of benzene rings is 2. The molecule has 6 heteroatoms. The summed E-state index contributed by atoms with van der Waals surface area (Å²) in [5.41, 5.74) is 2.56. The van der Waals surface area contributed by atoms with Crippen molar-refractivity contribution in [2.24, 2.45) is 0 Å².